The first-order valence-electron chi connectivity index (χ1n) is 4.55. The van der Waals surface area contributed by atoms with Crippen molar-refractivity contribution in [1.29, 1.82) is 0 Å². The zero-order valence-electron chi connectivity index (χ0n) is 8.17. The Morgan fingerprint density at radius 2 is 1.87 bits per heavy atom. The van der Waals surface area contributed by atoms with Crippen molar-refractivity contribution in [1.82, 2.24) is 4.98 Å². The molecule has 1 aromatic carbocycles. The summed E-state index contributed by atoms with van der Waals surface area (Å²) in [5, 5.41) is 0. The van der Waals surface area contributed by atoms with Crippen LogP contribution in [0.5, 0.6) is 0 Å². The highest BCUT2D eigenvalue weighted by Crippen LogP contribution is 2.30. The van der Waals surface area contributed by atoms with Crippen molar-refractivity contribution in [3.8, 4) is 11.3 Å². The van der Waals surface area contributed by atoms with Gasteiger partial charge in [0.25, 0.3) is 0 Å². The predicted molar refractivity (Wildman–Crippen MR) is 69.8 cm³/mol. The number of nitrogens with zero attached hydrogens (tertiary/aromatic N) is 1. The number of aromatic nitrogens is 1. The maximum Gasteiger partial charge on any atom is 0.0847 e. The normalized spacial score (nSPS) is 10.3. The molecule has 0 bridgehead atoms. The van der Waals surface area contributed by atoms with Crippen molar-refractivity contribution < 1.29 is 0 Å². The van der Waals surface area contributed by atoms with Crippen LogP contribution in [0.4, 0.5) is 0 Å². The Balaban J connectivity index is 2.60. The van der Waals surface area contributed by atoms with Crippen LogP contribution in [0.3, 0.4) is 0 Å². The Morgan fingerprint density at radius 3 is 2.53 bits per heavy atom. The first-order chi connectivity index (χ1) is 7.18. The van der Waals surface area contributed by atoms with Crippen molar-refractivity contribution in [3.05, 3.63) is 51.0 Å². The molecule has 0 aliphatic carbocycles. The maximum absolute atomic E-state index is 4.42. The summed E-state index contributed by atoms with van der Waals surface area (Å²) in [6.45, 7) is 2.09. The number of benzene rings is 1. The smallest absolute Gasteiger partial charge is 0.0847 e. The van der Waals surface area contributed by atoms with Crippen molar-refractivity contribution >= 4 is 31.9 Å². The second-order valence-electron chi connectivity index (χ2n) is 3.30. The minimum Gasteiger partial charge on any atom is -0.254 e. The van der Waals surface area contributed by atoms with Crippen LogP contribution in [0.1, 0.15) is 5.56 Å². The number of aryl methyl sites for hydroxylation is 1. The summed E-state index contributed by atoms with van der Waals surface area (Å²) in [6, 6.07) is 10.2. The Hall–Kier alpha value is -0.670. The molecule has 0 atom stereocenters. The molecule has 0 saturated heterocycles. The second-order valence-corrected chi connectivity index (χ2v) is 5.07. The predicted octanol–water partition coefficient (Wildman–Crippen LogP) is 4.58. The molecule has 15 heavy (non-hydrogen) atoms. The van der Waals surface area contributed by atoms with E-state index in [1.807, 2.05) is 24.4 Å². The SMILES string of the molecule is Cc1ccccc1-c1ncc(Br)cc1Br. The average Bonchev–Trinajstić information content (AvgIpc) is 2.20. The van der Waals surface area contributed by atoms with E-state index in [-0.39, 0.29) is 0 Å². The molecule has 0 radical (unpaired) electrons. The minimum absolute atomic E-state index is 0.978. The van der Waals surface area contributed by atoms with Gasteiger partial charge >= 0.3 is 0 Å². The lowest BCUT2D eigenvalue weighted by atomic mass is 10.1. The highest BCUT2D eigenvalue weighted by molar-refractivity contribution is 9.11. The van der Waals surface area contributed by atoms with E-state index in [4.69, 9.17) is 0 Å². The number of halogens is 2. The summed E-state index contributed by atoms with van der Waals surface area (Å²) in [7, 11) is 0. The lowest BCUT2D eigenvalue weighted by Gasteiger charge is -2.06. The first-order valence-corrected chi connectivity index (χ1v) is 6.14. The highest BCUT2D eigenvalue weighted by Gasteiger charge is 2.06. The van der Waals surface area contributed by atoms with Crippen LogP contribution >= 0.6 is 31.9 Å². The molecule has 0 amide bonds. The molecule has 1 aromatic heterocycles. The third-order valence-corrected chi connectivity index (χ3v) is 3.25. The fraction of sp³-hybridized carbons (Fsp3) is 0.0833. The standard InChI is InChI=1S/C12H9Br2N/c1-8-4-2-3-5-10(8)12-11(14)6-9(13)7-15-12/h2-7H,1H3. The van der Waals surface area contributed by atoms with Gasteiger partial charge in [-0.2, -0.15) is 0 Å². The van der Waals surface area contributed by atoms with E-state index in [0.29, 0.717) is 0 Å². The lowest BCUT2D eigenvalue weighted by Crippen LogP contribution is -1.88. The van der Waals surface area contributed by atoms with Gasteiger partial charge in [0, 0.05) is 20.7 Å². The quantitative estimate of drug-likeness (QED) is 0.747. The summed E-state index contributed by atoms with van der Waals surface area (Å²) >= 11 is 6.92. The molecule has 76 valence electrons. The summed E-state index contributed by atoms with van der Waals surface area (Å²) < 4.78 is 1.98. The summed E-state index contributed by atoms with van der Waals surface area (Å²) in [6.07, 6.45) is 1.81. The van der Waals surface area contributed by atoms with Crippen LogP contribution in [0.2, 0.25) is 0 Å². The van der Waals surface area contributed by atoms with Crippen LogP contribution < -0.4 is 0 Å². The molecule has 3 heteroatoms. The Morgan fingerprint density at radius 1 is 1.13 bits per heavy atom. The van der Waals surface area contributed by atoms with Crippen molar-refractivity contribution in [3.63, 3.8) is 0 Å². The molecular formula is C12H9Br2N. The second kappa shape index (κ2) is 4.45. The van der Waals surface area contributed by atoms with Crippen LogP contribution in [0, 0.1) is 6.92 Å². The number of hydrogen-bond donors (Lipinski definition) is 0. The molecule has 0 aliphatic heterocycles. The topological polar surface area (TPSA) is 12.9 Å². The third kappa shape index (κ3) is 2.29. The molecule has 0 aliphatic rings. The van der Waals surface area contributed by atoms with Gasteiger partial charge in [-0.1, -0.05) is 24.3 Å². The molecular weight excluding hydrogens is 318 g/mol. The fourth-order valence-electron chi connectivity index (χ4n) is 1.45. The van der Waals surface area contributed by atoms with E-state index in [2.05, 4.69) is 55.9 Å². The monoisotopic (exact) mass is 325 g/mol. The largest absolute Gasteiger partial charge is 0.254 e. The van der Waals surface area contributed by atoms with E-state index < -0.39 is 0 Å². The van der Waals surface area contributed by atoms with Gasteiger partial charge in [-0.05, 0) is 50.4 Å². The van der Waals surface area contributed by atoms with Crippen LogP contribution in [-0.2, 0) is 0 Å². The first kappa shape index (κ1) is 10.8. The lowest BCUT2D eigenvalue weighted by molar-refractivity contribution is 1.27. The molecule has 2 aromatic rings. The molecule has 0 spiro atoms. The Kier molecular flexibility index (Phi) is 3.22. The average molecular weight is 327 g/mol. The van der Waals surface area contributed by atoms with E-state index in [1.165, 1.54) is 5.56 Å². The fourth-order valence-corrected chi connectivity index (χ4v) is 2.65. The molecule has 1 heterocycles. The van der Waals surface area contributed by atoms with Gasteiger partial charge in [-0.15, -0.1) is 0 Å². The van der Waals surface area contributed by atoms with Gasteiger partial charge in [-0.3, -0.25) is 4.98 Å². The van der Waals surface area contributed by atoms with E-state index in [0.717, 1.165) is 20.2 Å². The molecule has 0 N–H and O–H groups in total. The molecule has 2 rings (SSSR count). The zero-order valence-corrected chi connectivity index (χ0v) is 11.3. The van der Waals surface area contributed by atoms with E-state index >= 15 is 0 Å². The van der Waals surface area contributed by atoms with Crippen LogP contribution in [0.15, 0.2) is 45.5 Å². The molecule has 0 fully saturated rings. The highest BCUT2D eigenvalue weighted by atomic mass is 79.9. The third-order valence-electron chi connectivity index (χ3n) is 2.21. The van der Waals surface area contributed by atoms with E-state index in [9.17, 15) is 0 Å². The van der Waals surface area contributed by atoms with Gasteiger partial charge in [0.1, 0.15) is 0 Å². The summed E-state index contributed by atoms with van der Waals surface area (Å²) in [5.41, 5.74) is 3.38. The van der Waals surface area contributed by atoms with Gasteiger partial charge in [-0.25, -0.2) is 0 Å². The maximum atomic E-state index is 4.42. The molecule has 0 saturated carbocycles. The van der Waals surface area contributed by atoms with Gasteiger partial charge < -0.3 is 0 Å². The van der Waals surface area contributed by atoms with Crippen LogP contribution in [0.25, 0.3) is 11.3 Å². The van der Waals surface area contributed by atoms with Crippen molar-refractivity contribution in [2.45, 2.75) is 6.92 Å². The zero-order chi connectivity index (χ0) is 10.8. The van der Waals surface area contributed by atoms with Gasteiger partial charge in [0.2, 0.25) is 0 Å². The van der Waals surface area contributed by atoms with Crippen LogP contribution in [-0.4, -0.2) is 4.98 Å². The number of pyridine rings is 1. The van der Waals surface area contributed by atoms with E-state index in [1.54, 1.807) is 0 Å². The summed E-state index contributed by atoms with van der Waals surface area (Å²) in [4.78, 5) is 4.42. The molecule has 0 unspecified atom stereocenters. The minimum atomic E-state index is 0.978. The summed E-state index contributed by atoms with van der Waals surface area (Å²) in [5.74, 6) is 0. The van der Waals surface area contributed by atoms with Crippen molar-refractivity contribution in [2.24, 2.45) is 0 Å². The Bertz CT molecular complexity index is 495. The molecule has 1 nitrogen and oxygen atoms in total. The van der Waals surface area contributed by atoms with Gasteiger partial charge in [0.05, 0.1) is 5.69 Å². The number of hydrogen-bond acceptors (Lipinski definition) is 1. The van der Waals surface area contributed by atoms with Gasteiger partial charge in [0.15, 0.2) is 0 Å². The van der Waals surface area contributed by atoms with Crippen molar-refractivity contribution in [2.75, 3.05) is 0 Å². The number of rotatable bonds is 1. The Labute approximate surface area is 106 Å².